The molecule has 27 heavy (non-hydrogen) atoms. The van der Waals surface area contributed by atoms with Gasteiger partial charge in [-0.3, -0.25) is 14.6 Å². The summed E-state index contributed by atoms with van der Waals surface area (Å²) in [6.07, 6.45) is 7.60. The van der Waals surface area contributed by atoms with Crippen molar-refractivity contribution in [2.45, 2.75) is 25.7 Å². The number of hydrogen-bond donors (Lipinski definition) is 1. The summed E-state index contributed by atoms with van der Waals surface area (Å²) in [4.78, 5) is 31.3. The maximum Gasteiger partial charge on any atom is 0.223 e. The van der Waals surface area contributed by atoms with Gasteiger partial charge in [0.25, 0.3) is 0 Å². The van der Waals surface area contributed by atoms with E-state index in [-0.39, 0.29) is 18.1 Å². The van der Waals surface area contributed by atoms with Crippen molar-refractivity contribution in [2.24, 2.45) is 5.92 Å². The monoisotopic (exact) mass is 413 g/mol. The molecule has 1 aromatic heterocycles. The number of carbonyl (C=O) groups excluding carboxylic acids is 2. The van der Waals surface area contributed by atoms with Gasteiger partial charge in [-0.05, 0) is 31.4 Å². The molecule has 7 nitrogen and oxygen atoms in total. The number of pyridine rings is 1. The number of rotatable bonds is 10. The molecule has 1 aliphatic heterocycles. The molecule has 1 unspecified atom stereocenters. The number of aromatic nitrogens is 1. The Labute approximate surface area is 165 Å². The van der Waals surface area contributed by atoms with Gasteiger partial charge < -0.3 is 4.90 Å². The molecule has 0 saturated carbocycles. The number of sulfonamides is 1. The molecule has 1 saturated heterocycles. The van der Waals surface area contributed by atoms with E-state index >= 15 is 0 Å². The van der Waals surface area contributed by atoms with Crippen LogP contribution < -0.4 is 4.72 Å². The fourth-order valence-electron chi connectivity index (χ4n) is 2.98. The number of nitrogens with one attached hydrogen (secondary N) is 1. The van der Waals surface area contributed by atoms with Gasteiger partial charge in [-0.1, -0.05) is 0 Å². The number of carbonyl (C=O) groups is 2. The molecule has 1 aromatic rings. The molecular weight excluding hydrogens is 386 g/mol. The average molecular weight is 414 g/mol. The van der Waals surface area contributed by atoms with Crippen molar-refractivity contribution in [1.82, 2.24) is 14.6 Å². The largest absolute Gasteiger partial charge is 0.343 e. The fraction of sp³-hybridized carbons (Fsp3) is 0.611. The van der Waals surface area contributed by atoms with Crippen molar-refractivity contribution in [2.75, 3.05) is 37.4 Å². The molecule has 2 rings (SSSR count). The molecule has 0 bridgehead atoms. The highest BCUT2D eigenvalue weighted by Crippen LogP contribution is 2.20. The van der Waals surface area contributed by atoms with E-state index in [4.69, 9.17) is 0 Å². The molecule has 0 aromatic carbocycles. The Morgan fingerprint density at radius 1 is 1.30 bits per heavy atom. The highest BCUT2D eigenvalue weighted by atomic mass is 32.2. The van der Waals surface area contributed by atoms with Crippen LogP contribution in [0.25, 0.3) is 0 Å². The van der Waals surface area contributed by atoms with Gasteiger partial charge in [0, 0.05) is 61.4 Å². The molecular formula is C18H27N3O4S2. The standard InChI is InChI=1S/C18H27N3O4S2/c1-27(24,25)20-8-11-26-14-16(18(23)15-6-5-7-19-13-15)12-17(22)21-9-3-2-4-10-21/h5-7,13,16,20H,2-4,8-12,14H2,1H3. The molecule has 2 heterocycles. The van der Waals surface area contributed by atoms with Crippen LogP contribution in [0.2, 0.25) is 0 Å². The Kier molecular flexibility index (Phi) is 8.72. The van der Waals surface area contributed by atoms with Crippen LogP contribution in [0.5, 0.6) is 0 Å². The van der Waals surface area contributed by atoms with Crippen LogP contribution in [-0.4, -0.2) is 67.4 Å². The second-order valence-corrected chi connectivity index (χ2v) is 9.67. The van der Waals surface area contributed by atoms with Crippen LogP contribution >= 0.6 is 11.8 Å². The zero-order valence-electron chi connectivity index (χ0n) is 15.6. The van der Waals surface area contributed by atoms with Gasteiger partial charge in [0.15, 0.2) is 5.78 Å². The topological polar surface area (TPSA) is 96.4 Å². The van der Waals surface area contributed by atoms with Crippen molar-refractivity contribution in [3.8, 4) is 0 Å². The van der Waals surface area contributed by atoms with Gasteiger partial charge in [-0.15, -0.1) is 0 Å². The van der Waals surface area contributed by atoms with E-state index in [0.717, 1.165) is 38.6 Å². The van der Waals surface area contributed by atoms with Gasteiger partial charge in [-0.2, -0.15) is 11.8 Å². The van der Waals surface area contributed by atoms with Crippen molar-refractivity contribution in [3.63, 3.8) is 0 Å². The lowest BCUT2D eigenvalue weighted by atomic mass is 9.96. The molecule has 1 atom stereocenters. The van der Waals surface area contributed by atoms with Crippen LogP contribution in [0.3, 0.4) is 0 Å². The second kappa shape index (κ2) is 10.8. The van der Waals surface area contributed by atoms with Crippen molar-refractivity contribution >= 4 is 33.5 Å². The van der Waals surface area contributed by atoms with Gasteiger partial charge in [0.2, 0.25) is 15.9 Å². The van der Waals surface area contributed by atoms with Crippen LogP contribution in [0.1, 0.15) is 36.0 Å². The van der Waals surface area contributed by atoms with Gasteiger partial charge in [0.05, 0.1) is 6.26 Å². The molecule has 1 amide bonds. The quantitative estimate of drug-likeness (QED) is 0.462. The van der Waals surface area contributed by atoms with E-state index in [1.165, 1.54) is 18.0 Å². The van der Waals surface area contributed by atoms with Gasteiger partial charge in [-0.25, -0.2) is 13.1 Å². The summed E-state index contributed by atoms with van der Waals surface area (Å²) < 4.78 is 24.7. The first-order chi connectivity index (χ1) is 12.9. The lowest BCUT2D eigenvalue weighted by molar-refractivity contribution is -0.132. The second-order valence-electron chi connectivity index (χ2n) is 6.69. The number of ketones is 1. The molecule has 1 N–H and O–H groups in total. The first-order valence-electron chi connectivity index (χ1n) is 9.11. The summed E-state index contributed by atoms with van der Waals surface area (Å²) in [5, 5.41) is 0. The Morgan fingerprint density at radius 2 is 2.04 bits per heavy atom. The minimum absolute atomic E-state index is 0.0202. The van der Waals surface area contributed by atoms with Crippen molar-refractivity contribution < 1.29 is 18.0 Å². The van der Waals surface area contributed by atoms with Crippen LogP contribution in [0, 0.1) is 5.92 Å². The summed E-state index contributed by atoms with van der Waals surface area (Å²) >= 11 is 1.47. The first kappa shape index (κ1) is 21.8. The molecule has 9 heteroatoms. The lowest BCUT2D eigenvalue weighted by Crippen LogP contribution is -2.38. The molecule has 0 aliphatic carbocycles. The van der Waals surface area contributed by atoms with E-state index in [1.807, 2.05) is 4.90 Å². The van der Waals surface area contributed by atoms with Crippen molar-refractivity contribution in [1.29, 1.82) is 0 Å². The van der Waals surface area contributed by atoms with Crippen LogP contribution in [0.4, 0.5) is 0 Å². The highest BCUT2D eigenvalue weighted by molar-refractivity contribution is 7.99. The molecule has 1 aliphatic rings. The van der Waals surface area contributed by atoms with E-state index in [2.05, 4.69) is 9.71 Å². The summed E-state index contributed by atoms with van der Waals surface area (Å²) in [6.45, 7) is 1.83. The number of piperidine rings is 1. The zero-order valence-corrected chi connectivity index (χ0v) is 17.2. The summed E-state index contributed by atoms with van der Waals surface area (Å²) in [7, 11) is -3.22. The number of nitrogens with zero attached hydrogens (tertiary/aromatic N) is 2. The molecule has 150 valence electrons. The third-order valence-electron chi connectivity index (χ3n) is 4.38. The molecule has 1 fully saturated rings. The van der Waals surface area contributed by atoms with Gasteiger partial charge in [0.1, 0.15) is 0 Å². The number of hydrogen-bond acceptors (Lipinski definition) is 6. The number of likely N-dealkylation sites (tertiary alicyclic amines) is 1. The van der Waals surface area contributed by atoms with Crippen LogP contribution in [0.15, 0.2) is 24.5 Å². The normalized spacial score (nSPS) is 16.1. The number of amides is 1. The average Bonchev–Trinajstić information content (AvgIpc) is 2.66. The number of Topliss-reactive ketones (excluding diaryl/α,β-unsaturated/α-hetero) is 1. The van der Waals surface area contributed by atoms with Gasteiger partial charge >= 0.3 is 0 Å². The summed E-state index contributed by atoms with van der Waals surface area (Å²) in [5.41, 5.74) is 0.504. The Morgan fingerprint density at radius 3 is 2.67 bits per heavy atom. The number of thioether (sulfide) groups is 1. The highest BCUT2D eigenvalue weighted by Gasteiger charge is 2.26. The summed E-state index contributed by atoms with van der Waals surface area (Å²) in [6, 6.07) is 3.42. The molecule has 0 spiro atoms. The fourth-order valence-corrected chi connectivity index (χ4v) is 4.55. The molecule has 0 radical (unpaired) electrons. The Hall–Kier alpha value is -1.45. The Balaban J connectivity index is 1.95. The van der Waals surface area contributed by atoms with Crippen LogP contribution in [-0.2, 0) is 14.8 Å². The SMILES string of the molecule is CS(=O)(=O)NCCSCC(CC(=O)N1CCCCC1)C(=O)c1cccnc1. The van der Waals surface area contributed by atoms with Crippen molar-refractivity contribution in [3.05, 3.63) is 30.1 Å². The van der Waals surface area contributed by atoms with E-state index in [1.54, 1.807) is 18.3 Å². The maximum absolute atomic E-state index is 12.9. The third kappa shape index (κ3) is 7.98. The van der Waals surface area contributed by atoms with E-state index in [0.29, 0.717) is 23.6 Å². The predicted molar refractivity (Wildman–Crippen MR) is 107 cm³/mol. The third-order valence-corrected chi connectivity index (χ3v) is 6.24. The predicted octanol–water partition coefficient (Wildman–Crippen LogP) is 1.57. The van der Waals surface area contributed by atoms with E-state index < -0.39 is 15.9 Å². The maximum atomic E-state index is 12.9. The minimum Gasteiger partial charge on any atom is -0.343 e. The zero-order chi connectivity index (χ0) is 19.7. The minimum atomic E-state index is -3.22. The Bertz CT molecular complexity index is 719. The smallest absolute Gasteiger partial charge is 0.223 e. The first-order valence-corrected chi connectivity index (χ1v) is 12.2. The lowest BCUT2D eigenvalue weighted by Gasteiger charge is -2.28. The summed E-state index contributed by atoms with van der Waals surface area (Å²) in [5.74, 6) is 0.510. The van der Waals surface area contributed by atoms with E-state index in [9.17, 15) is 18.0 Å².